The lowest BCUT2D eigenvalue weighted by Crippen LogP contribution is -2.35. The van der Waals surface area contributed by atoms with E-state index in [9.17, 15) is 4.79 Å². The summed E-state index contributed by atoms with van der Waals surface area (Å²) < 4.78 is 0. The number of amides is 1. The van der Waals surface area contributed by atoms with Gasteiger partial charge < -0.3 is 10.2 Å². The van der Waals surface area contributed by atoms with Gasteiger partial charge in [0.05, 0.1) is 12.5 Å². The van der Waals surface area contributed by atoms with Crippen molar-refractivity contribution in [2.45, 2.75) is 20.3 Å². The van der Waals surface area contributed by atoms with Crippen LogP contribution in [-0.2, 0) is 0 Å². The Bertz CT molecular complexity index is 445. The average Bonchev–Trinajstić information content (AvgIpc) is 2.42. The van der Waals surface area contributed by atoms with Crippen molar-refractivity contribution < 1.29 is 4.79 Å². The SMILES string of the molecule is CNc1ccc(C(=O)N(CCC#N)CC(C)C)cc1. The predicted octanol–water partition coefficient (Wildman–Crippen LogP) is 2.74. The fourth-order valence-corrected chi connectivity index (χ4v) is 1.86. The molecule has 0 heterocycles. The maximum atomic E-state index is 12.4. The van der Waals surface area contributed by atoms with Crippen LogP contribution in [0.2, 0.25) is 0 Å². The molecule has 1 aromatic rings. The number of anilines is 1. The van der Waals surface area contributed by atoms with Crippen molar-refractivity contribution in [3.8, 4) is 6.07 Å². The quantitative estimate of drug-likeness (QED) is 0.854. The van der Waals surface area contributed by atoms with Crippen molar-refractivity contribution in [1.82, 2.24) is 4.90 Å². The summed E-state index contributed by atoms with van der Waals surface area (Å²) in [5, 5.41) is 11.7. The van der Waals surface area contributed by atoms with Crippen LogP contribution in [0.4, 0.5) is 5.69 Å². The molecule has 0 saturated heterocycles. The van der Waals surface area contributed by atoms with Crippen LogP contribution in [-0.4, -0.2) is 30.9 Å². The second-order valence-electron chi connectivity index (χ2n) is 4.88. The molecule has 1 N–H and O–H groups in total. The van der Waals surface area contributed by atoms with Crippen LogP contribution in [0.25, 0.3) is 0 Å². The minimum Gasteiger partial charge on any atom is -0.388 e. The monoisotopic (exact) mass is 259 g/mol. The Kier molecular flexibility index (Phi) is 5.87. The van der Waals surface area contributed by atoms with Crippen molar-refractivity contribution >= 4 is 11.6 Å². The standard InChI is InChI=1S/C15H21N3O/c1-12(2)11-18(10-4-9-16)15(19)13-5-7-14(17-3)8-6-13/h5-8,12,17H,4,10-11H2,1-3H3. The maximum absolute atomic E-state index is 12.4. The molecule has 1 rings (SSSR count). The van der Waals surface area contributed by atoms with Crippen LogP contribution in [0.15, 0.2) is 24.3 Å². The minimum absolute atomic E-state index is 0.00777. The molecule has 4 heteroatoms. The van der Waals surface area contributed by atoms with Crippen LogP contribution >= 0.6 is 0 Å². The third kappa shape index (κ3) is 4.63. The van der Waals surface area contributed by atoms with Crippen LogP contribution in [0.5, 0.6) is 0 Å². The highest BCUT2D eigenvalue weighted by Gasteiger charge is 2.16. The summed E-state index contributed by atoms with van der Waals surface area (Å²) >= 11 is 0. The second-order valence-corrected chi connectivity index (χ2v) is 4.88. The van der Waals surface area contributed by atoms with Crippen molar-refractivity contribution in [2.24, 2.45) is 5.92 Å². The van der Waals surface area contributed by atoms with E-state index in [0.29, 0.717) is 31.0 Å². The number of hydrogen-bond donors (Lipinski definition) is 1. The van der Waals surface area contributed by atoms with Gasteiger partial charge in [-0.25, -0.2) is 0 Å². The van der Waals surface area contributed by atoms with Crippen LogP contribution in [0.3, 0.4) is 0 Å². The molecule has 0 aliphatic rings. The fourth-order valence-electron chi connectivity index (χ4n) is 1.86. The number of nitriles is 1. The zero-order valence-electron chi connectivity index (χ0n) is 11.8. The van der Waals surface area contributed by atoms with Crippen LogP contribution in [0.1, 0.15) is 30.6 Å². The summed E-state index contributed by atoms with van der Waals surface area (Å²) in [6.07, 6.45) is 0.368. The Morgan fingerprint density at radius 3 is 2.47 bits per heavy atom. The number of hydrogen-bond acceptors (Lipinski definition) is 3. The average molecular weight is 259 g/mol. The highest BCUT2D eigenvalue weighted by atomic mass is 16.2. The van der Waals surface area contributed by atoms with E-state index in [1.54, 1.807) is 4.90 Å². The van der Waals surface area contributed by atoms with Gasteiger partial charge in [0.15, 0.2) is 0 Å². The Balaban J connectivity index is 2.81. The third-order valence-corrected chi connectivity index (χ3v) is 2.79. The summed E-state index contributed by atoms with van der Waals surface area (Å²) in [5.74, 6) is 0.380. The number of carbonyl (C=O) groups excluding carboxylic acids is 1. The highest BCUT2D eigenvalue weighted by molar-refractivity contribution is 5.94. The van der Waals surface area contributed by atoms with E-state index in [4.69, 9.17) is 5.26 Å². The van der Waals surface area contributed by atoms with E-state index >= 15 is 0 Å². The van der Waals surface area contributed by atoms with Gasteiger partial charge >= 0.3 is 0 Å². The first kappa shape index (κ1) is 15.0. The van der Waals surface area contributed by atoms with E-state index in [1.165, 1.54) is 0 Å². The predicted molar refractivity (Wildman–Crippen MR) is 77.0 cm³/mol. The van der Waals surface area contributed by atoms with E-state index < -0.39 is 0 Å². The fraction of sp³-hybridized carbons (Fsp3) is 0.467. The molecule has 102 valence electrons. The number of benzene rings is 1. The molecular formula is C15H21N3O. The van der Waals surface area contributed by atoms with Crippen LogP contribution < -0.4 is 5.32 Å². The van der Waals surface area contributed by atoms with Crippen molar-refractivity contribution in [1.29, 1.82) is 5.26 Å². The lowest BCUT2D eigenvalue weighted by molar-refractivity contribution is 0.0740. The van der Waals surface area contributed by atoms with Gasteiger partial charge in [-0.2, -0.15) is 5.26 Å². The summed E-state index contributed by atoms with van der Waals surface area (Å²) in [5.41, 5.74) is 1.64. The van der Waals surface area contributed by atoms with E-state index in [0.717, 1.165) is 5.69 Å². The van der Waals surface area contributed by atoms with Crippen LogP contribution in [0, 0.1) is 17.2 Å². The third-order valence-electron chi connectivity index (χ3n) is 2.79. The van der Waals surface area contributed by atoms with E-state index in [1.807, 2.05) is 31.3 Å². The topological polar surface area (TPSA) is 56.1 Å². The Labute approximate surface area is 115 Å². The molecular weight excluding hydrogens is 238 g/mol. The largest absolute Gasteiger partial charge is 0.388 e. The van der Waals surface area contributed by atoms with Gasteiger partial charge in [-0.15, -0.1) is 0 Å². The summed E-state index contributed by atoms with van der Waals surface area (Å²) in [7, 11) is 1.84. The smallest absolute Gasteiger partial charge is 0.253 e. The highest BCUT2D eigenvalue weighted by Crippen LogP contribution is 2.12. The molecule has 0 bridgehead atoms. The van der Waals surface area contributed by atoms with Gasteiger partial charge in [-0.3, -0.25) is 4.79 Å². The molecule has 0 fully saturated rings. The first-order valence-electron chi connectivity index (χ1n) is 6.52. The first-order valence-corrected chi connectivity index (χ1v) is 6.52. The van der Waals surface area contributed by atoms with Crippen molar-refractivity contribution in [3.05, 3.63) is 29.8 Å². The molecule has 4 nitrogen and oxygen atoms in total. The molecule has 0 aliphatic heterocycles. The van der Waals surface area contributed by atoms with Crippen molar-refractivity contribution in [2.75, 3.05) is 25.5 Å². The lowest BCUT2D eigenvalue weighted by Gasteiger charge is -2.23. The Morgan fingerprint density at radius 1 is 1.37 bits per heavy atom. The number of carbonyl (C=O) groups is 1. The maximum Gasteiger partial charge on any atom is 0.253 e. The number of nitrogens with one attached hydrogen (secondary N) is 1. The molecule has 19 heavy (non-hydrogen) atoms. The second kappa shape index (κ2) is 7.42. The Morgan fingerprint density at radius 2 is 2.00 bits per heavy atom. The molecule has 0 unspecified atom stereocenters. The summed E-state index contributed by atoms with van der Waals surface area (Å²) in [6, 6.07) is 9.48. The summed E-state index contributed by atoms with van der Waals surface area (Å²) in [4.78, 5) is 14.1. The zero-order valence-corrected chi connectivity index (χ0v) is 11.8. The normalized spacial score (nSPS) is 10.1. The Hall–Kier alpha value is -2.02. The summed E-state index contributed by atoms with van der Waals surface area (Å²) in [6.45, 7) is 5.29. The van der Waals surface area contributed by atoms with Gasteiger partial charge in [0, 0.05) is 31.4 Å². The van der Waals surface area contributed by atoms with Gasteiger partial charge in [0.1, 0.15) is 0 Å². The minimum atomic E-state index is -0.00777. The lowest BCUT2D eigenvalue weighted by atomic mass is 10.1. The first-order chi connectivity index (χ1) is 9.08. The van der Waals surface area contributed by atoms with Gasteiger partial charge in [-0.1, -0.05) is 13.8 Å². The van der Waals surface area contributed by atoms with E-state index in [-0.39, 0.29) is 5.91 Å². The molecule has 0 spiro atoms. The molecule has 1 aromatic carbocycles. The molecule has 0 radical (unpaired) electrons. The molecule has 1 amide bonds. The zero-order chi connectivity index (χ0) is 14.3. The van der Waals surface area contributed by atoms with Gasteiger partial charge in [0.2, 0.25) is 0 Å². The van der Waals surface area contributed by atoms with Gasteiger partial charge in [-0.05, 0) is 30.2 Å². The molecule has 0 aliphatic carbocycles. The molecule has 0 aromatic heterocycles. The van der Waals surface area contributed by atoms with Gasteiger partial charge in [0.25, 0.3) is 5.91 Å². The number of nitrogens with zero attached hydrogens (tertiary/aromatic N) is 2. The number of rotatable bonds is 6. The van der Waals surface area contributed by atoms with Crippen molar-refractivity contribution in [3.63, 3.8) is 0 Å². The molecule has 0 atom stereocenters. The van der Waals surface area contributed by atoms with E-state index in [2.05, 4.69) is 25.2 Å². The molecule has 0 saturated carbocycles.